The van der Waals surface area contributed by atoms with Gasteiger partial charge in [0.1, 0.15) is 17.3 Å². The lowest BCUT2D eigenvalue weighted by molar-refractivity contribution is -0.133. The zero-order valence-corrected chi connectivity index (χ0v) is 17.6. The Kier molecular flexibility index (Phi) is 7.10. The van der Waals surface area contributed by atoms with E-state index in [0.29, 0.717) is 48.9 Å². The van der Waals surface area contributed by atoms with E-state index < -0.39 is 0 Å². The molecule has 28 heavy (non-hydrogen) atoms. The molecule has 1 aromatic heterocycles. The van der Waals surface area contributed by atoms with Gasteiger partial charge in [-0.1, -0.05) is 49.2 Å². The van der Waals surface area contributed by atoms with Crippen molar-refractivity contribution < 1.29 is 4.79 Å². The lowest BCUT2D eigenvalue weighted by Gasteiger charge is -2.37. The third-order valence-corrected chi connectivity index (χ3v) is 5.29. The summed E-state index contributed by atoms with van der Waals surface area (Å²) in [5, 5.41) is 4.49. The number of benzene rings is 1. The van der Waals surface area contributed by atoms with E-state index in [0.717, 1.165) is 11.4 Å². The molecule has 1 unspecified atom stereocenters. The van der Waals surface area contributed by atoms with Crippen LogP contribution >= 0.6 is 23.2 Å². The average molecular weight is 422 g/mol. The van der Waals surface area contributed by atoms with Gasteiger partial charge in [0, 0.05) is 49.9 Å². The number of rotatable bonds is 6. The van der Waals surface area contributed by atoms with Crippen LogP contribution in [0.25, 0.3) is 0 Å². The number of amides is 1. The Balaban J connectivity index is 1.68. The summed E-state index contributed by atoms with van der Waals surface area (Å²) >= 11 is 12.0. The summed E-state index contributed by atoms with van der Waals surface area (Å²) in [6.07, 6.45) is 1.46. The van der Waals surface area contributed by atoms with Crippen molar-refractivity contribution in [2.24, 2.45) is 0 Å². The van der Waals surface area contributed by atoms with Crippen molar-refractivity contribution in [1.82, 2.24) is 20.2 Å². The highest BCUT2D eigenvalue weighted by atomic mass is 35.5. The molecule has 0 aliphatic carbocycles. The minimum absolute atomic E-state index is 0.135. The number of nitrogens with zero attached hydrogens (tertiary/aromatic N) is 4. The van der Waals surface area contributed by atoms with Crippen LogP contribution in [0.2, 0.25) is 10.2 Å². The minimum atomic E-state index is -0.236. The smallest absolute Gasteiger partial charge is 0.231 e. The van der Waals surface area contributed by atoms with Crippen LogP contribution in [0.5, 0.6) is 0 Å². The zero-order chi connectivity index (χ0) is 20.1. The normalized spacial score (nSPS) is 15.8. The summed E-state index contributed by atoms with van der Waals surface area (Å²) in [5.74, 6) is 0.693. The van der Waals surface area contributed by atoms with Gasteiger partial charge in [0.15, 0.2) is 0 Å². The van der Waals surface area contributed by atoms with Gasteiger partial charge in [0.2, 0.25) is 5.91 Å². The number of hydrogen-bond donors (Lipinski definition) is 1. The van der Waals surface area contributed by atoms with E-state index in [-0.39, 0.29) is 11.8 Å². The first kappa shape index (κ1) is 20.8. The second-order valence-corrected chi connectivity index (χ2v) is 8.00. The van der Waals surface area contributed by atoms with Crippen LogP contribution in [0, 0.1) is 0 Å². The van der Waals surface area contributed by atoms with Gasteiger partial charge < -0.3 is 15.1 Å². The monoisotopic (exact) mass is 421 g/mol. The van der Waals surface area contributed by atoms with Crippen LogP contribution < -0.4 is 10.2 Å². The number of anilines is 1. The first-order valence-corrected chi connectivity index (χ1v) is 10.2. The van der Waals surface area contributed by atoms with Gasteiger partial charge in [-0.15, -0.1) is 0 Å². The first-order chi connectivity index (χ1) is 13.4. The molecule has 1 saturated heterocycles. The SMILES string of the molecule is CC(C)NCC(C(=O)N1CCN(c2cc(Cl)ncn2)CC1)c1ccc(Cl)cc1. The Bertz CT molecular complexity index is 791. The first-order valence-electron chi connectivity index (χ1n) is 9.44. The number of hydrogen-bond acceptors (Lipinski definition) is 5. The molecule has 0 saturated carbocycles. The third-order valence-electron chi connectivity index (χ3n) is 4.84. The van der Waals surface area contributed by atoms with Crippen molar-refractivity contribution in [3.8, 4) is 0 Å². The van der Waals surface area contributed by atoms with Crippen molar-refractivity contribution in [2.75, 3.05) is 37.6 Å². The Labute approximate surface area is 175 Å². The van der Waals surface area contributed by atoms with Crippen molar-refractivity contribution in [2.45, 2.75) is 25.8 Å². The van der Waals surface area contributed by atoms with Crippen molar-refractivity contribution in [3.05, 3.63) is 52.4 Å². The summed E-state index contributed by atoms with van der Waals surface area (Å²) in [7, 11) is 0. The molecule has 8 heteroatoms. The van der Waals surface area contributed by atoms with Crippen LogP contribution in [-0.2, 0) is 4.79 Å². The highest BCUT2D eigenvalue weighted by Crippen LogP contribution is 2.23. The fourth-order valence-electron chi connectivity index (χ4n) is 3.27. The van der Waals surface area contributed by atoms with Crippen LogP contribution in [-0.4, -0.2) is 59.5 Å². The Morgan fingerprint density at radius 2 is 1.79 bits per heavy atom. The van der Waals surface area contributed by atoms with Crippen molar-refractivity contribution in [3.63, 3.8) is 0 Å². The second kappa shape index (κ2) is 9.54. The maximum atomic E-state index is 13.3. The van der Waals surface area contributed by atoms with E-state index in [1.165, 1.54) is 6.33 Å². The molecule has 0 bridgehead atoms. The van der Waals surface area contributed by atoms with Crippen LogP contribution in [0.4, 0.5) is 5.82 Å². The van der Waals surface area contributed by atoms with Gasteiger partial charge in [0.05, 0.1) is 5.92 Å². The van der Waals surface area contributed by atoms with Crippen molar-refractivity contribution in [1.29, 1.82) is 0 Å². The molecule has 1 atom stereocenters. The predicted molar refractivity (Wildman–Crippen MR) is 113 cm³/mol. The lowest BCUT2D eigenvalue weighted by Crippen LogP contribution is -2.51. The highest BCUT2D eigenvalue weighted by molar-refractivity contribution is 6.30. The molecule has 150 valence electrons. The van der Waals surface area contributed by atoms with E-state index in [1.807, 2.05) is 29.2 Å². The molecule has 0 spiro atoms. The summed E-state index contributed by atoms with van der Waals surface area (Å²) < 4.78 is 0. The van der Waals surface area contributed by atoms with Gasteiger partial charge in [-0.05, 0) is 17.7 Å². The molecule has 1 N–H and O–H groups in total. The fraction of sp³-hybridized carbons (Fsp3) is 0.450. The van der Waals surface area contributed by atoms with Gasteiger partial charge >= 0.3 is 0 Å². The molecule has 2 heterocycles. The number of halogens is 2. The Morgan fingerprint density at radius 3 is 2.39 bits per heavy atom. The maximum Gasteiger partial charge on any atom is 0.231 e. The molecule has 1 amide bonds. The summed E-state index contributed by atoms with van der Waals surface area (Å²) in [5.41, 5.74) is 0.979. The molecule has 1 fully saturated rings. The molecule has 3 rings (SSSR count). The molecular weight excluding hydrogens is 397 g/mol. The van der Waals surface area contributed by atoms with E-state index in [1.54, 1.807) is 6.07 Å². The number of piperazine rings is 1. The van der Waals surface area contributed by atoms with Gasteiger partial charge in [-0.25, -0.2) is 9.97 Å². The molecule has 6 nitrogen and oxygen atoms in total. The van der Waals surface area contributed by atoms with Crippen LogP contribution in [0.1, 0.15) is 25.3 Å². The van der Waals surface area contributed by atoms with Gasteiger partial charge in [0.25, 0.3) is 0 Å². The Hall–Kier alpha value is -1.89. The topological polar surface area (TPSA) is 61.4 Å². The van der Waals surface area contributed by atoms with Gasteiger partial charge in [-0.2, -0.15) is 0 Å². The quantitative estimate of drug-likeness (QED) is 0.725. The molecule has 2 aromatic rings. The number of carbonyl (C=O) groups excluding carboxylic acids is 1. The fourth-order valence-corrected chi connectivity index (χ4v) is 3.54. The van der Waals surface area contributed by atoms with E-state index in [2.05, 4.69) is 34.0 Å². The van der Waals surface area contributed by atoms with E-state index >= 15 is 0 Å². The molecular formula is C20H25Cl2N5O. The number of carbonyl (C=O) groups is 1. The molecule has 1 aliphatic heterocycles. The lowest BCUT2D eigenvalue weighted by atomic mass is 9.96. The standard InChI is InChI=1S/C20H25Cl2N5O/c1-14(2)23-12-17(15-3-5-16(21)6-4-15)20(28)27-9-7-26(8-10-27)19-11-18(22)24-13-25-19/h3-6,11,13-14,17,23H,7-10,12H2,1-2H3. The van der Waals surface area contributed by atoms with Gasteiger partial charge in [-0.3, -0.25) is 4.79 Å². The largest absolute Gasteiger partial charge is 0.353 e. The maximum absolute atomic E-state index is 13.3. The number of nitrogens with one attached hydrogen (secondary N) is 1. The zero-order valence-electron chi connectivity index (χ0n) is 16.1. The molecule has 1 aliphatic rings. The summed E-state index contributed by atoms with van der Waals surface area (Å²) in [6, 6.07) is 9.61. The van der Waals surface area contributed by atoms with Crippen LogP contribution in [0.15, 0.2) is 36.7 Å². The molecule has 0 radical (unpaired) electrons. The number of aromatic nitrogens is 2. The summed E-state index contributed by atoms with van der Waals surface area (Å²) in [6.45, 7) is 7.47. The summed E-state index contributed by atoms with van der Waals surface area (Å²) in [4.78, 5) is 25.5. The minimum Gasteiger partial charge on any atom is -0.353 e. The third kappa shape index (κ3) is 5.34. The Morgan fingerprint density at radius 1 is 1.11 bits per heavy atom. The average Bonchev–Trinajstić information content (AvgIpc) is 2.69. The predicted octanol–water partition coefficient (Wildman–Crippen LogP) is 3.21. The highest BCUT2D eigenvalue weighted by Gasteiger charge is 2.29. The van der Waals surface area contributed by atoms with E-state index in [4.69, 9.17) is 23.2 Å². The van der Waals surface area contributed by atoms with E-state index in [9.17, 15) is 4.79 Å². The molecule has 1 aromatic carbocycles. The van der Waals surface area contributed by atoms with Crippen LogP contribution in [0.3, 0.4) is 0 Å². The van der Waals surface area contributed by atoms with Crippen molar-refractivity contribution >= 4 is 34.9 Å². The second-order valence-electron chi connectivity index (χ2n) is 7.18.